The molecular weight excluding hydrogens is 168 g/mol. The number of hydrogen-bond acceptors (Lipinski definition) is 3. The number of primary amides is 1. The first-order valence-corrected chi connectivity index (χ1v) is 4.83. The third-order valence-electron chi connectivity index (χ3n) is 2.11. The molecule has 0 heterocycles. The molecular formula is C9H20N2O2. The van der Waals surface area contributed by atoms with E-state index in [9.17, 15) is 4.79 Å². The molecule has 0 radical (unpaired) electrons. The van der Waals surface area contributed by atoms with E-state index in [1.165, 1.54) is 12.8 Å². The molecule has 0 saturated carbocycles. The average Bonchev–Trinajstić information content (AvgIpc) is 2.11. The lowest BCUT2D eigenvalue weighted by Crippen LogP contribution is -2.27. The van der Waals surface area contributed by atoms with Crippen LogP contribution >= 0.6 is 0 Å². The predicted molar refractivity (Wildman–Crippen MR) is 52.5 cm³/mol. The van der Waals surface area contributed by atoms with E-state index in [-0.39, 0.29) is 0 Å². The summed E-state index contributed by atoms with van der Waals surface area (Å²) < 4.78 is 4.57. The zero-order valence-electron chi connectivity index (χ0n) is 8.51. The molecule has 0 aromatic rings. The molecule has 78 valence electrons. The van der Waals surface area contributed by atoms with Crippen molar-refractivity contribution in [3.63, 3.8) is 0 Å². The molecule has 1 amide bonds. The number of nitrogens with one attached hydrogen (secondary N) is 1. The van der Waals surface area contributed by atoms with Gasteiger partial charge in [-0.05, 0) is 12.5 Å². The Labute approximate surface area is 79.8 Å². The summed E-state index contributed by atoms with van der Waals surface area (Å²) in [6.07, 6.45) is 1.66. The number of hydrogen-bond donors (Lipinski definition) is 2. The molecule has 0 unspecified atom stereocenters. The number of carbonyl (C=O) groups is 1. The van der Waals surface area contributed by atoms with Gasteiger partial charge in [0, 0.05) is 6.54 Å². The number of nitrogens with two attached hydrogens (primary N) is 1. The number of rotatable bonds is 7. The summed E-state index contributed by atoms with van der Waals surface area (Å²) in [4.78, 5) is 10.2. The van der Waals surface area contributed by atoms with Crippen molar-refractivity contribution in [2.75, 3.05) is 19.7 Å². The maximum Gasteiger partial charge on any atom is 0.404 e. The highest BCUT2D eigenvalue weighted by molar-refractivity contribution is 5.64. The Kier molecular flexibility index (Phi) is 7.39. The molecule has 0 aliphatic rings. The minimum atomic E-state index is -0.704. The average molecular weight is 188 g/mol. The van der Waals surface area contributed by atoms with Crippen LogP contribution < -0.4 is 11.1 Å². The zero-order valence-corrected chi connectivity index (χ0v) is 8.51. The fourth-order valence-corrected chi connectivity index (χ4v) is 1.11. The number of carbonyl (C=O) groups excluding carboxylic acids is 1. The van der Waals surface area contributed by atoms with Gasteiger partial charge in [0.2, 0.25) is 0 Å². The molecule has 0 aliphatic carbocycles. The van der Waals surface area contributed by atoms with Gasteiger partial charge in [0.05, 0.1) is 0 Å². The Hall–Kier alpha value is -0.770. The largest absolute Gasteiger partial charge is 0.448 e. The van der Waals surface area contributed by atoms with Crippen LogP contribution in [0.3, 0.4) is 0 Å². The minimum absolute atomic E-state index is 0.357. The molecule has 0 aromatic carbocycles. The highest BCUT2D eigenvalue weighted by Crippen LogP contribution is 2.04. The molecule has 0 aliphatic heterocycles. The zero-order chi connectivity index (χ0) is 10.1. The molecule has 0 rings (SSSR count). The van der Waals surface area contributed by atoms with E-state index in [1.807, 2.05) is 0 Å². The van der Waals surface area contributed by atoms with Gasteiger partial charge in [0.1, 0.15) is 6.61 Å². The first-order chi connectivity index (χ1) is 6.20. The molecule has 13 heavy (non-hydrogen) atoms. The number of amides is 1. The molecule has 4 heteroatoms. The van der Waals surface area contributed by atoms with Crippen molar-refractivity contribution in [3.05, 3.63) is 0 Å². The van der Waals surface area contributed by atoms with Crippen molar-refractivity contribution in [3.8, 4) is 0 Å². The van der Waals surface area contributed by atoms with Crippen molar-refractivity contribution in [2.45, 2.75) is 26.7 Å². The molecule has 0 bridgehead atoms. The highest BCUT2D eigenvalue weighted by atomic mass is 16.5. The van der Waals surface area contributed by atoms with Crippen molar-refractivity contribution in [1.82, 2.24) is 5.32 Å². The van der Waals surface area contributed by atoms with E-state index in [2.05, 4.69) is 23.9 Å². The summed E-state index contributed by atoms with van der Waals surface area (Å²) in [6.45, 7) is 6.37. The van der Waals surface area contributed by atoms with Crippen molar-refractivity contribution in [2.24, 2.45) is 11.7 Å². The molecule has 3 N–H and O–H groups in total. The first kappa shape index (κ1) is 12.2. The van der Waals surface area contributed by atoms with Crippen LogP contribution in [0.2, 0.25) is 0 Å². The Morgan fingerprint density at radius 2 is 2.08 bits per heavy atom. The van der Waals surface area contributed by atoms with Crippen LogP contribution in [-0.2, 0) is 4.74 Å². The smallest absolute Gasteiger partial charge is 0.404 e. The third kappa shape index (κ3) is 7.59. The van der Waals surface area contributed by atoms with Gasteiger partial charge >= 0.3 is 6.09 Å². The van der Waals surface area contributed by atoms with Gasteiger partial charge in [-0.15, -0.1) is 0 Å². The molecule has 0 fully saturated rings. The molecule has 0 saturated heterocycles. The quantitative estimate of drug-likeness (QED) is 0.588. The van der Waals surface area contributed by atoms with Gasteiger partial charge < -0.3 is 15.8 Å². The van der Waals surface area contributed by atoms with Crippen molar-refractivity contribution in [1.29, 1.82) is 0 Å². The maximum atomic E-state index is 10.2. The minimum Gasteiger partial charge on any atom is -0.448 e. The van der Waals surface area contributed by atoms with Crippen LogP contribution in [0.25, 0.3) is 0 Å². The summed E-state index contributed by atoms with van der Waals surface area (Å²) in [6, 6.07) is 0. The Morgan fingerprint density at radius 1 is 1.46 bits per heavy atom. The van der Waals surface area contributed by atoms with Crippen LogP contribution in [0.1, 0.15) is 26.7 Å². The Balaban J connectivity index is 3.19. The Morgan fingerprint density at radius 3 is 2.54 bits per heavy atom. The van der Waals surface area contributed by atoms with Gasteiger partial charge in [0.25, 0.3) is 0 Å². The fourth-order valence-electron chi connectivity index (χ4n) is 1.11. The summed E-state index contributed by atoms with van der Waals surface area (Å²) in [5.74, 6) is 0.716. The van der Waals surface area contributed by atoms with Gasteiger partial charge in [0.15, 0.2) is 0 Å². The summed E-state index contributed by atoms with van der Waals surface area (Å²) >= 11 is 0. The second-order valence-electron chi connectivity index (χ2n) is 3.05. The molecule has 0 spiro atoms. The van der Waals surface area contributed by atoms with Gasteiger partial charge in [-0.2, -0.15) is 0 Å². The lowest BCUT2D eigenvalue weighted by atomic mass is 10.0. The second-order valence-corrected chi connectivity index (χ2v) is 3.05. The predicted octanol–water partition coefficient (Wildman–Crippen LogP) is 1.11. The van der Waals surface area contributed by atoms with Crippen molar-refractivity contribution < 1.29 is 9.53 Å². The molecule has 4 nitrogen and oxygen atoms in total. The van der Waals surface area contributed by atoms with E-state index in [0.29, 0.717) is 19.1 Å². The summed E-state index contributed by atoms with van der Waals surface area (Å²) in [5.41, 5.74) is 4.80. The van der Waals surface area contributed by atoms with Crippen LogP contribution in [0.5, 0.6) is 0 Å². The van der Waals surface area contributed by atoms with Gasteiger partial charge in [-0.3, -0.25) is 0 Å². The lowest BCUT2D eigenvalue weighted by Gasteiger charge is -2.12. The lowest BCUT2D eigenvalue weighted by molar-refractivity contribution is 0.157. The van der Waals surface area contributed by atoms with E-state index in [0.717, 1.165) is 6.54 Å². The van der Waals surface area contributed by atoms with Gasteiger partial charge in [-0.25, -0.2) is 4.79 Å². The van der Waals surface area contributed by atoms with Crippen LogP contribution in [-0.4, -0.2) is 25.8 Å². The Bertz CT molecular complexity index is 136. The highest BCUT2D eigenvalue weighted by Gasteiger charge is 2.01. The number of ether oxygens (including phenoxy) is 1. The van der Waals surface area contributed by atoms with E-state index in [1.54, 1.807) is 0 Å². The summed E-state index contributed by atoms with van der Waals surface area (Å²) in [7, 11) is 0. The van der Waals surface area contributed by atoms with Crippen LogP contribution in [0.4, 0.5) is 4.79 Å². The SMILES string of the molecule is CCC(CC)CNCCOC(N)=O. The topological polar surface area (TPSA) is 64.3 Å². The fraction of sp³-hybridized carbons (Fsp3) is 0.889. The van der Waals surface area contributed by atoms with E-state index >= 15 is 0 Å². The van der Waals surface area contributed by atoms with Gasteiger partial charge in [-0.1, -0.05) is 26.7 Å². The van der Waals surface area contributed by atoms with Crippen LogP contribution in [0.15, 0.2) is 0 Å². The maximum absolute atomic E-state index is 10.2. The third-order valence-corrected chi connectivity index (χ3v) is 2.11. The molecule has 0 atom stereocenters. The van der Waals surface area contributed by atoms with E-state index in [4.69, 9.17) is 5.73 Å². The van der Waals surface area contributed by atoms with E-state index < -0.39 is 6.09 Å². The monoisotopic (exact) mass is 188 g/mol. The standard InChI is InChI=1S/C9H20N2O2/c1-3-8(4-2)7-11-5-6-13-9(10)12/h8,11H,3-7H2,1-2H3,(H2,10,12). The second kappa shape index (κ2) is 7.86. The normalized spacial score (nSPS) is 10.4. The van der Waals surface area contributed by atoms with Crippen molar-refractivity contribution >= 4 is 6.09 Å². The van der Waals surface area contributed by atoms with Crippen LogP contribution in [0, 0.1) is 5.92 Å². The summed E-state index contributed by atoms with van der Waals surface area (Å²) in [5, 5.41) is 3.21. The first-order valence-electron chi connectivity index (χ1n) is 4.83. The molecule has 0 aromatic heterocycles.